The molecule has 1 amide bonds. The molecule has 0 bridgehead atoms. The lowest BCUT2D eigenvalue weighted by atomic mass is 10.00. The van der Waals surface area contributed by atoms with Gasteiger partial charge in [0.1, 0.15) is 0 Å². The third-order valence-electron chi connectivity index (χ3n) is 3.60. The highest BCUT2D eigenvalue weighted by molar-refractivity contribution is 7.89. The number of amides is 1. The van der Waals surface area contributed by atoms with Gasteiger partial charge in [0.25, 0.3) is 0 Å². The van der Waals surface area contributed by atoms with Crippen LogP contribution in [0.25, 0.3) is 0 Å². The number of hydrogen-bond acceptors (Lipinski definition) is 4. The molecule has 1 atom stereocenters. The number of hydrogen-bond donors (Lipinski definition) is 1. The summed E-state index contributed by atoms with van der Waals surface area (Å²) in [6, 6.07) is 6.49. The van der Waals surface area contributed by atoms with Crippen LogP contribution in [0.4, 0.5) is 0 Å². The smallest absolute Gasteiger partial charge is 0.242 e. The molecule has 0 fully saturated rings. The zero-order chi connectivity index (χ0) is 16.9. The van der Waals surface area contributed by atoms with Crippen LogP contribution < -0.4 is 5.32 Å². The number of nitrogens with one attached hydrogen (secondary N) is 1. The van der Waals surface area contributed by atoms with Gasteiger partial charge in [0.05, 0.1) is 10.8 Å². The standard InChI is InChI=1S/C15H25N3O3S.ClH/c1-12(15(19)18(5)11-10-16-2)13-6-8-14(9-7-13)22(20,21)17(3)4;/h6-9,12,16H,10-11H2,1-5H3;1H. The molecule has 8 heteroatoms. The fraction of sp³-hybridized carbons (Fsp3) is 0.533. The molecule has 0 saturated carbocycles. The molecule has 0 aromatic heterocycles. The van der Waals surface area contributed by atoms with E-state index in [-0.39, 0.29) is 29.1 Å². The van der Waals surface area contributed by atoms with Gasteiger partial charge >= 0.3 is 0 Å². The normalized spacial score (nSPS) is 12.6. The fourth-order valence-electron chi connectivity index (χ4n) is 2.00. The first-order valence-corrected chi connectivity index (χ1v) is 8.58. The van der Waals surface area contributed by atoms with Crippen molar-refractivity contribution in [2.75, 3.05) is 41.3 Å². The molecule has 23 heavy (non-hydrogen) atoms. The SMILES string of the molecule is CNCCN(C)C(=O)C(C)c1ccc(S(=O)(=O)N(C)C)cc1.Cl. The van der Waals surface area contributed by atoms with Crippen molar-refractivity contribution in [3.8, 4) is 0 Å². The van der Waals surface area contributed by atoms with E-state index in [0.29, 0.717) is 6.54 Å². The van der Waals surface area contributed by atoms with Gasteiger partial charge in [-0.2, -0.15) is 0 Å². The third kappa shape index (κ3) is 5.46. The Bertz CT molecular complexity index is 603. The summed E-state index contributed by atoms with van der Waals surface area (Å²) in [5.74, 6) is -0.295. The number of nitrogens with zero attached hydrogens (tertiary/aromatic N) is 2. The van der Waals surface area contributed by atoms with E-state index in [0.717, 1.165) is 12.1 Å². The van der Waals surface area contributed by atoms with Crippen LogP contribution in [0.2, 0.25) is 0 Å². The van der Waals surface area contributed by atoms with Gasteiger partial charge in [-0.3, -0.25) is 4.79 Å². The average molecular weight is 364 g/mol. The van der Waals surface area contributed by atoms with Gasteiger partial charge in [-0.05, 0) is 31.7 Å². The van der Waals surface area contributed by atoms with E-state index in [1.54, 1.807) is 36.2 Å². The molecule has 0 aliphatic carbocycles. The van der Waals surface area contributed by atoms with Crippen molar-refractivity contribution in [3.63, 3.8) is 0 Å². The Kier molecular flexibility index (Phi) is 8.76. The van der Waals surface area contributed by atoms with E-state index in [4.69, 9.17) is 0 Å². The molecule has 1 aromatic carbocycles. The van der Waals surface area contributed by atoms with Crippen LogP contribution in [0, 0.1) is 0 Å². The van der Waals surface area contributed by atoms with Crippen molar-refractivity contribution in [1.82, 2.24) is 14.5 Å². The summed E-state index contributed by atoms with van der Waals surface area (Å²) in [4.78, 5) is 14.2. The lowest BCUT2D eigenvalue weighted by Crippen LogP contribution is -2.35. The maximum atomic E-state index is 12.3. The molecule has 0 aliphatic rings. The Balaban J connectivity index is 0.00000484. The molecule has 0 saturated heterocycles. The summed E-state index contributed by atoms with van der Waals surface area (Å²) in [7, 11) is 3.15. The summed E-state index contributed by atoms with van der Waals surface area (Å²) in [6.07, 6.45) is 0. The number of rotatable bonds is 7. The van der Waals surface area contributed by atoms with E-state index in [9.17, 15) is 13.2 Å². The molecule has 0 aliphatic heterocycles. The second-order valence-electron chi connectivity index (χ2n) is 5.44. The summed E-state index contributed by atoms with van der Waals surface area (Å²) in [5, 5.41) is 3.00. The third-order valence-corrected chi connectivity index (χ3v) is 5.43. The molecule has 1 aromatic rings. The van der Waals surface area contributed by atoms with Crippen LogP contribution in [0.1, 0.15) is 18.4 Å². The number of carbonyl (C=O) groups is 1. The number of sulfonamides is 1. The number of carbonyl (C=O) groups excluding carboxylic acids is 1. The van der Waals surface area contributed by atoms with Crippen molar-refractivity contribution >= 4 is 28.3 Å². The highest BCUT2D eigenvalue weighted by atomic mass is 35.5. The zero-order valence-electron chi connectivity index (χ0n) is 14.2. The Hall–Kier alpha value is -1.15. The Morgan fingerprint density at radius 1 is 1.17 bits per heavy atom. The molecular weight excluding hydrogens is 338 g/mol. The lowest BCUT2D eigenvalue weighted by Gasteiger charge is -2.21. The highest BCUT2D eigenvalue weighted by Crippen LogP contribution is 2.21. The first kappa shape index (κ1) is 21.9. The molecule has 0 heterocycles. The molecule has 6 nitrogen and oxygen atoms in total. The van der Waals surface area contributed by atoms with Gasteiger partial charge in [0.15, 0.2) is 0 Å². The minimum absolute atomic E-state index is 0. The maximum absolute atomic E-state index is 12.3. The van der Waals surface area contributed by atoms with E-state index in [2.05, 4.69) is 5.32 Å². The minimum Gasteiger partial charge on any atom is -0.344 e. The first-order chi connectivity index (χ1) is 10.2. The van der Waals surface area contributed by atoms with Gasteiger partial charge < -0.3 is 10.2 Å². The van der Waals surface area contributed by atoms with Gasteiger partial charge in [-0.1, -0.05) is 12.1 Å². The summed E-state index contributed by atoms with van der Waals surface area (Å²) in [6.45, 7) is 3.19. The summed E-state index contributed by atoms with van der Waals surface area (Å²) < 4.78 is 25.2. The van der Waals surface area contributed by atoms with Crippen molar-refractivity contribution in [2.24, 2.45) is 0 Å². The first-order valence-electron chi connectivity index (χ1n) is 7.14. The predicted molar refractivity (Wildman–Crippen MR) is 94.5 cm³/mol. The Morgan fingerprint density at radius 2 is 1.70 bits per heavy atom. The molecule has 1 N–H and O–H groups in total. The molecule has 132 valence electrons. The van der Waals surface area contributed by atoms with Gasteiger partial charge in [-0.15, -0.1) is 12.4 Å². The monoisotopic (exact) mass is 363 g/mol. The van der Waals surface area contributed by atoms with Crippen LogP contribution in [0.15, 0.2) is 29.2 Å². The largest absolute Gasteiger partial charge is 0.344 e. The molecule has 0 spiro atoms. The molecule has 0 radical (unpaired) electrons. The summed E-state index contributed by atoms with van der Waals surface area (Å²) >= 11 is 0. The topological polar surface area (TPSA) is 69.7 Å². The second kappa shape index (κ2) is 9.22. The number of halogens is 1. The van der Waals surface area contributed by atoms with E-state index in [1.807, 2.05) is 14.0 Å². The van der Waals surface area contributed by atoms with E-state index in [1.165, 1.54) is 18.4 Å². The van der Waals surface area contributed by atoms with Gasteiger partial charge in [-0.25, -0.2) is 12.7 Å². The van der Waals surface area contributed by atoms with Crippen molar-refractivity contribution < 1.29 is 13.2 Å². The molecule has 1 rings (SSSR count). The average Bonchev–Trinajstić information content (AvgIpc) is 2.51. The Morgan fingerprint density at radius 3 is 2.13 bits per heavy atom. The van der Waals surface area contributed by atoms with E-state index >= 15 is 0 Å². The minimum atomic E-state index is -3.44. The van der Waals surface area contributed by atoms with Gasteiger partial charge in [0, 0.05) is 34.2 Å². The van der Waals surface area contributed by atoms with Gasteiger partial charge in [0.2, 0.25) is 15.9 Å². The summed E-state index contributed by atoms with van der Waals surface area (Å²) in [5.41, 5.74) is 0.805. The van der Waals surface area contributed by atoms with Crippen LogP contribution in [0.3, 0.4) is 0 Å². The van der Waals surface area contributed by atoms with E-state index < -0.39 is 10.0 Å². The van der Waals surface area contributed by atoms with Crippen LogP contribution in [-0.2, 0) is 14.8 Å². The number of benzene rings is 1. The lowest BCUT2D eigenvalue weighted by molar-refractivity contribution is -0.131. The van der Waals surface area contributed by atoms with Crippen molar-refractivity contribution in [3.05, 3.63) is 29.8 Å². The molecule has 1 unspecified atom stereocenters. The Labute approximate surface area is 145 Å². The van der Waals surface area contributed by atoms with Crippen molar-refractivity contribution in [1.29, 1.82) is 0 Å². The predicted octanol–water partition coefficient (Wildman–Crippen LogP) is 1.14. The van der Waals surface area contributed by atoms with Crippen LogP contribution in [0.5, 0.6) is 0 Å². The van der Waals surface area contributed by atoms with Crippen LogP contribution >= 0.6 is 12.4 Å². The van der Waals surface area contributed by atoms with Crippen molar-refractivity contribution in [2.45, 2.75) is 17.7 Å². The van der Waals surface area contributed by atoms with Crippen LogP contribution in [-0.4, -0.2) is 64.8 Å². The zero-order valence-corrected chi connectivity index (χ0v) is 15.9. The number of likely N-dealkylation sites (N-methyl/N-ethyl adjacent to an activating group) is 2. The molecular formula is C15H26ClN3O3S. The second-order valence-corrected chi connectivity index (χ2v) is 7.59. The quantitative estimate of drug-likeness (QED) is 0.788. The maximum Gasteiger partial charge on any atom is 0.242 e. The highest BCUT2D eigenvalue weighted by Gasteiger charge is 2.21. The fourth-order valence-corrected chi connectivity index (χ4v) is 2.90.